The summed E-state index contributed by atoms with van der Waals surface area (Å²) in [6.45, 7) is 3.91. The summed E-state index contributed by atoms with van der Waals surface area (Å²) in [7, 11) is 0. The number of benzene rings is 1. The number of carboxylic acids is 1. The first kappa shape index (κ1) is 14.3. The lowest BCUT2D eigenvalue weighted by molar-refractivity contribution is -0.305. The van der Waals surface area contributed by atoms with Crippen LogP contribution in [-0.4, -0.2) is 33.7 Å². The first-order valence-corrected chi connectivity index (χ1v) is 6.92. The van der Waals surface area contributed by atoms with Gasteiger partial charge in [-0.15, -0.1) is 6.58 Å². The molecule has 0 aliphatic carbocycles. The monoisotopic (exact) mass is 289 g/mol. The first-order valence-electron chi connectivity index (χ1n) is 6.04. The molecular weight excluding hydrogens is 276 g/mol. The van der Waals surface area contributed by atoms with Crippen LogP contribution in [0.25, 0.3) is 0 Å². The molecule has 1 fully saturated rings. The fourth-order valence-corrected chi connectivity index (χ4v) is 2.94. The summed E-state index contributed by atoms with van der Waals surface area (Å²) in [5, 5.41) is 10.5. The van der Waals surface area contributed by atoms with E-state index in [1.807, 2.05) is 30.3 Å². The Bertz CT molecular complexity index is 557. The number of aliphatic carboxylic acids is 1. The number of rotatable bonds is 5. The summed E-state index contributed by atoms with van der Waals surface area (Å²) in [6.07, 6.45) is 1.27. The fraction of sp³-hybridized carbons (Fsp3) is 0.214. The highest BCUT2D eigenvalue weighted by atomic mass is 32.2. The molecule has 1 aromatic rings. The molecule has 1 aromatic carbocycles. The van der Waals surface area contributed by atoms with Gasteiger partial charge in [0, 0.05) is 18.9 Å². The van der Waals surface area contributed by atoms with Crippen LogP contribution in [0.4, 0.5) is 5.69 Å². The molecule has 0 N–H and O–H groups in total. The van der Waals surface area contributed by atoms with Crippen LogP contribution < -0.4 is 5.11 Å². The van der Waals surface area contributed by atoms with Gasteiger partial charge in [0.05, 0.1) is 10.9 Å². The van der Waals surface area contributed by atoms with Gasteiger partial charge in [0.25, 0.3) is 0 Å². The molecule has 0 radical (unpaired) electrons. The van der Waals surface area contributed by atoms with Gasteiger partial charge in [-0.25, -0.2) is 4.99 Å². The number of aliphatic imine (C=N–C) groups is 1. The van der Waals surface area contributed by atoms with E-state index in [1.54, 1.807) is 6.08 Å². The van der Waals surface area contributed by atoms with Crippen LogP contribution in [0, 0.1) is 0 Å². The van der Waals surface area contributed by atoms with Gasteiger partial charge in [-0.05, 0) is 12.1 Å². The van der Waals surface area contributed by atoms with Crippen LogP contribution in [0.5, 0.6) is 0 Å². The lowest BCUT2D eigenvalue weighted by atomic mass is 10.2. The third-order valence-electron chi connectivity index (χ3n) is 2.66. The largest absolute Gasteiger partial charge is 0.550 e. The zero-order valence-corrected chi connectivity index (χ0v) is 11.5. The molecule has 1 aliphatic heterocycles. The summed E-state index contributed by atoms with van der Waals surface area (Å²) in [6, 6.07) is 9.19. The number of carbonyl (C=O) groups is 2. The number of nitrogens with zero attached hydrogens (tertiary/aromatic N) is 2. The van der Waals surface area contributed by atoms with Crippen LogP contribution in [-0.2, 0) is 9.59 Å². The summed E-state index contributed by atoms with van der Waals surface area (Å²) >= 11 is 1.15. The van der Waals surface area contributed by atoms with Crippen molar-refractivity contribution in [3.05, 3.63) is 43.0 Å². The van der Waals surface area contributed by atoms with E-state index in [0.717, 1.165) is 11.8 Å². The molecule has 20 heavy (non-hydrogen) atoms. The van der Waals surface area contributed by atoms with Crippen molar-refractivity contribution >= 4 is 34.5 Å². The van der Waals surface area contributed by atoms with E-state index in [4.69, 9.17) is 0 Å². The van der Waals surface area contributed by atoms with Gasteiger partial charge < -0.3 is 9.90 Å². The average Bonchev–Trinajstić information content (AvgIpc) is 2.68. The van der Waals surface area contributed by atoms with Gasteiger partial charge in [0.15, 0.2) is 5.17 Å². The highest BCUT2D eigenvalue weighted by molar-refractivity contribution is 8.15. The van der Waals surface area contributed by atoms with E-state index in [9.17, 15) is 14.7 Å². The highest BCUT2D eigenvalue weighted by Gasteiger charge is 2.37. The van der Waals surface area contributed by atoms with Gasteiger partial charge in [0.1, 0.15) is 0 Å². The van der Waals surface area contributed by atoms with E-state index in [2.05, 4.69) is 11.6 Å². The predicted molar refractivity (Wildman–Crippen MR) is 76.5 cm³/mol. The minimum atomic E-state index is -1.24. The van der Waals surface area contributed by atoms with Crippen molar-refractivity contribution in [1.29, 1.82) is 0 Å². The summed E-state index contributed by atoms with van der Waals surface area (Å²) < 4.78 is 0. The Morgan fingerprint density at radius 2 is 2.15 bits per heavy atom. The number of hydrogen-bond donors (Lipinski definition) is 0. The standard InChI is InChI=1S/C14H14N2O3S/c1-2-8-16-13(19)11(9-12(17)18)20-14(16)15-10-6-4-3-5-7-10/h2-7,11H,1,8-9H2,(H,17,18)/p-1/t11-/m1/s1. The molecule has 1 saturated heterocycles. The Hall–Kier alpha value is -2.08. The van der Waals surface area contributed by atoms with E-state index in [0.29, 0.717) is 17.4 Å². The molecule has 5 nitrogen and oxygen atoms in total. The maximum Gasteiger partial charge on any atom is 0.242 e. The second kappa shape index (κ2) is 6.38. The summed E-state index contributed by atoms with van der Waals surface area (Å²) in [5.41, 5.74) is 0.714. The molecule has 104 valence electrons. The van der Waals surface area contributed by atoms with Gasteiger partial charge in [-0.1, -0.05) is 36.0 Å². The number of thioether (sulfide) groups is 1. The molecule has 0 aromatic heterocycles. The van der Waals surface area contributed by atoms with Crippen molar-refractivity contribution in [2.24, 2.45) is 4.99 Å². The third-order valence-corrected chi connectivity index (χ3v) is 3.84. The number of amidine groups is 1. The predicted octanol–water partition coefficient (Wildman–Crippen LogP) is 0.944. The highest BCUT2D eigenvalue weighted by Crippen LogP contribution is 2.31. The maximum absolute atomic E-state index is 12.1. The maximum atomic E-state index is 12.1. The van der Waals surface area contributed by atoms with Crippen molar-refractivity contribution < 1.29 is 14.7 Å². The number of para-hydroxylation sites is 1. The third kappa shape index (κ3) is 3.27. The van der Waals surface area contributed by atoms with Crippen molar-refractivity contribution in [3.63, 3.8) is 0 Å². The number of carbonyl (C=O) groups excluding carboxylic acids is 2. The van der Waals surface area contributed by atoms with Crippen molar-refractivity contribution in [3.8, 4) is 0 Å². The lowest BCUT2D eigenvalue weighted by Gasteiger charge is -2.13. The van der Waals surface area contributed by atoms with Gasteiger partial charge in [0.2, 0.25) is 5.91 Å². The first-order chi connectivity index (χ1) is 9.61. The van der Waals surface area contributed by atoms with Crippen molar-refractivity contribution in [2.45, 2.75) is 11.7 Å². The van der Waals surface area contributed by atoms with Crippen molar-refractivity contribution in [1.82, 2.24) is 4.90 Å². The molecule has 0 bridgehead atoms. The van der Waals surface area contributed by atoms with Crippen LogP contribution >= 0.6 is 11.8 Å². The minimum Gasteiger partial charge on any atom is -0.550 e. The quantitative estimate of drug-likeness (QED) is 0.756. The fourth-order valence-electron chi connectivity index (χ4n) is 1.79. The normalized spacial score (nSPS) is 20.4. The minimum absolute atomic E-state index is 0.270. The van der Waals surface area contributed by atoms with E-state index in [1.165, 1.54) is 4.90 Å². The Morgan fingerprint density at radius 3 is 2.75 bits per heavy atom. The van der Waals surface area contributed by atoms with Gasteiger partial charge in [-0.2, -0.15) is 0 Å². The number of carboxylic acid groups (broad SMARTS) is 1. The van der Waals surface area contributed by atoms with Crippen LogP contribution in [0.3, 0.4) is 0 Å². The zero-order chi connectivity index (χ0) is 14.5. The van der Waals surface area contributed by atoms with E-state index >= 15 is 0 Å². The molecule has 0 spiro atoms. The van der Waals surface area contributed by atoms with E-state index in [-0.39, 0.29) is 12.3 Å². The molecular formula is C14H13N2O3S-. The smallest absolute Gasteiger partial charge is 0.242 e. The van der Waals surface area contributed by atoms with Crippen LogP contribution in [0.2, 0.25) is 0 Å². The Labute approximate surface area is 121 Å². The zero-order valence-electron chi connectivity index (χ0n) is 10.7. The Kier molecular flexibility index (Phi) is 4.57. The Balaban J connectivity index is 2.26. The SMILES string of the molecule is C=CCN1C(=O)[C@@H](CC(=O)[O-])SC1=Nc1ccccc1. The Morgan fingerprint density at radius 1 is 1.45 bits per heavy atom. The second-order valence-electron chi connectivity index (χ2n) is 4.15. The average molecular weight is 289 g/mol. The van der Waals surface area contributed by atoms with Crippen LogP contribution in [0.1, 0.15) is 6.42 Å². The number of amides is 1. The summed E-state index contributed by atoms with van der Waals surface area (Å²) in [5.74, 6) is -1.51. The topological polar surface area (TPSA) is 72.8 Å². The molecule has 2 rings (SSSR count). The summed E-state index contributed by atoms with van der Waals surface area (Å²) in [4.78, 5) is 28.6. The van der Waals surface area contributed by atoms with Crippen LogP contribution in [0.15, 0.2) is 48.0 Å². The molecule has 1 aliphatic rings. The molecule has 1 heterocycles. The number of hydrogen-bond acceptors (Lipinski definition) is 5. The molecule has 6 heteroatoms. The molecule has 0 unspecified atom stereocenters. The molecule has 1 amide bonds. The van der Waals surface area contributed by atoms with Gasteiger partial charge >= 0.3 is 0 Å². The molecule has 1 atom stereocenters. The lowest BCUT2D eigenvalue weighted by Crippen LogP contribution is -2.35. The van der Waals surface area contributed by atoms with Crippen molar-refractivity contribution in [2.75, 3.05) is 6.54 Å². The van der Waals surface area contributed by atoms with Gasteiger partial charge in [-0.3, -0.25) is 9.69 Å². The van der Waals surface area contributed by atoms with E-state index < -0.39 is 11.2 Å². The second-order valence-corrected chi connectivity index (χ2v) is 5.32. The molecule has 0 saturated carbocycles.